The summed E-state index contributed by atoms with van der Waals surface area (Å²) in [7, 11) is 0. The van der Waals surface area contributed by atoms with Crippen molar-refractivity contribution in [3.8, 4) is 11.1 Å². The summed E-state index contributed by atoms with van der Waals surface area (Å²) in [4.78, 5) is 30.5. The molecule has 0 saturated carbocycles. The molecule has 0 unspecified atom stereocenters. The van der Waals surface area contributed by atoms with Gasteiger partial charge in [0.25, 0.3) is 0 Å². The first kappa shape index (κ1) is 20.7. The van der Waals surface area contributed by atoms with E-state index in [0.29, 0.717) is 17.1 Å². The summed E-state index contributed by atoms with van der Waals surface area (Å²) in [6.45, 7) is 3.62. The van der Waals surface area contributed by atoms with E-state index in [1.807, 2.05) is 30.5 Å². The number of carbonyl (C=O) groups excluding carboxylic acids is 2. The number of nitrogens with two attached hydrogens (primary N) is 1. The van der Waals surface area contributed by atoms with Gasteiger partial charge in [-0.2, -0.15) is 0 Å². The van der Waals surface area contributed by atoms with Crippen molar-refractivity contribution in [2.75, 3.05) is 25.0 Å². The summed E-state index contributed by atoms with van der Waals surface area (Å²) >= 11 is 0. The Kier molecular flexibility index (Phi) is 6.03. The molecule has 0 radical (unpaired) electrons. The molecular weight excluding hydrogens is 396 g/mol. The van der Waals surface area contributed by atoms with Crippen molar-refractivity contribution in [2.45, 2.75) is 25.7 Å². The maximum absolute atomic E-state index is 12.3. The first-order valence-electron chi connectivity index (χ1n) is 10.2. The Balaban J connectivity index is 1.39. The Bertz CT molecular complexity index is 1080. The normalized spacial score (nSPS) is 16.7. The lowest BCUT2D eigenvalue weighted by Crippen LogP contribution is -2.40. The molecule has 2 aromatic heterocycles. The number of likely N-dealkylation sites (tertiary alicyclic amines) is 1. The lowest BCUT2D eigenvalue weighted by atomic mass is 9.93. The first-order chi connectivity index (χ1) is 15.0. The van der Waals surface area contributed by atoms with Gasteiger partial charge in [-0.3, -0.25) is 19.5 Å². The molecule has 160 valence electrons. The fraction of sp³-hybridized carbons (Fsp3) is 0.318. The molecule has 31 heavy (non-hydrogen) atoms. The van der Waals surface area contributed by atoms with E-state index in [1.54, 1.807) is 19.1 Å². The third-order valence-electron chi connectivity index (χ3n) is 5.47. The van der Waals surface area contributed by atoms with Gasteiger partial charge in [-0.1, -0.05) is 23.4 Å². The van der Waals surface area contributed by atoms with Crippen molar-refractivity contribution in [3.63, 3.8) is 0 Å². The third kappa shape index (κ3) is 4.95. The number of piperidine rings is 1. The maximum Gasteiger partial charge on any atom is 0.248 e. The fourth-order valence-corrected chi connectivity index (χ4v) is 3.83. The summed E-state index contributed by atoms with van der Waals surface area (Å²) in [6.07, 6.45) is 3.84. The average Bonchev–Trinajstić information content (AvgIpc) is 3.18. The third-order valence-corrected chi connectivity index (χ3v) is 5.47. The Labute approximate surface area is 179 Å². The number of hydrogen-bond acceptors (Lipinski definition) is 7. The Hall–Kier alpha value is -3.59. The summed E-state index contributed by atoms with van der Waals surface area (Å²) in [5.74, 6) is 0.0176. The van der Waals surface area contributed by atoms with E-state index < -0.39 is 5.91 Å². The van der Waals surface area contributed by atoms with E-state index in [2.05, 4.69) is 30.1 Å². The number of rotatable bonds is 6. The number of pyridine rings is 1. The van der Waals surface area contributed by atoms with E-state index in [4.69, 9.17) is 5.73 Å². The van der Waals surface area contributed by atoms with Crippen LogP contribution in [-0.2, 0) is 4.79 Å². The molecule has 1 fully saturated rings. The zero-order valence-electron chi connectivity index (χ0n) is 17.2. The fourth-order valence-electron chi connectivity index (χ4n) is 3.83. The molecular formula is C22H24N6O3. The Morgan fingerprint density at radius 1 is 1.23 bits per heavy atom. The van der Waals surface area contributed by atoms with Gasteiger partial charge >= 0.3 is 0 Å². The van der Waals surface area contributed by atoms with Crippen molar-refractivity contribution >= 4 is 17.6 Å². The highest BCUT2D eigenvalue weighted by molar-refractivity contribution is 5.94. The monoisotopic (exact) mass is 420 g/mol. The molecule has 2 amide bonds. The predicted molar refractivity (Wildman–Crippen MR) is 114 cm³/mol. The highest BCUT2D eigenvalue weighted by atomic mass is 16.6. The van der Waals surface area contributed by atoms with Crippen molar-refractivity contribution < 1.29 is 14.2 Å². The molecule has 0 spiro atoms. The van der Waals surface area contributed by atoms with E-state index in [-0.39, 0.29) is 18.4 Å². The van der Waals surface area contributed by atoms with Gasteiger partial charge in [0.05, 0.1) is 6.54 Å². The van der Waals surface area contributed by atoms with Gasteiger partial charge in [0.2, 0.25) is 11.8 Å². The van der Waals surface area contributed by atoms with Crippen molar-refractivity contribution in [3.05, 3.63) is 59.5 Å². The highest BCUT2D eigenvalue weighted by Crippen LogP contribution is 2.27. The smallest absolute Gasteiger partial charge is 0.248 e. The van der Waals surface area contributed by atoms with Crippen LogP contribution in [0.25, 0.3) is 11.1 Å². The van der Waals surface area contributed by atoms with Crippen LogP contribution in [0, 0.1) is 6.92 Å². The minimum absolute atomic E-state index is 0.142. The van der Waals surface area contributed by atoms with Gasteiger partial charge in [0.15, 0.2) is 5.82 Å². The SMILES string of the molecule is Cc1nonc1NC(=O)CN1CCC[C@@H](c2ccc(-c3cccc(C(N)=O)c3)cn2)C1. The van der Waals surface area contributed by atoms with Gasteiger partial charge in [0.1, 0.15) is 5.69 Å². The molecule has 4 rings (SSSR count). The molecule has 3 heterocycles. The van der Waals surface area contributed by atoms with Crippen LogP contribution in [0.3, 0.4) is 0 Å². The highest BCUT2D eigenvalue weighted by Gasteiger charge is 2.24. The number of nitrogens with one attached hydrogen (secondary N) is 1. The van der Waals surface area contributed by atoms with E-state index >= 15 is 0 Å². The summed E-state index contributed by atoms with van der Waals surface area (Å²) < 4.78 is 4.61. The van der Waals surface area contributed by atoms with Gasteiger partial charge < -0.3 is 11.1 Å². The van der Waals surface area contributed by atoms with Gasteiger partial charge in [-0.25, -0.2) is 4.63 Å². The van der Waals surface area contributed by atoms with Crippen LogP contribution < -0.4 is 11.1 Å². The number of amides is 2. The molecule has 9 nitrogen and oxygen atoms in total. The number of anilines is 1. The number of hydrogen-bond donors (Lipinski definition) is 2. The van der Waals surface area contributed by atoms with Crippen LogP contribution in [0.2, 0.25) is 0 Å². The quantitative estimate of drug-likeness (QED) is 0.626. The van der Waals surface area contributed by atoms with Crippen molar-refractivity contribution in [2.24, 2.45) is 5.73 Å². The van der Waals surface area contributed by atoms with Crippen LogP contribution in [-0.4, -0.2) is 51.6 Å². The summed E-state index contributed by atoms with van der Waals surface area (Å²) in [6, 6.07) is 11.2. The Morgan fingerprint density at radius 2 is 2.10 bits per heavy atom. The minimum Gasteiger partial charge on any atom is -0.366 e. The molecule has 3 aromatic rings. The van der Waals surface area contributed by atoms with E-state index in [1.165, 1.54) is 0 Å². The number of nitrogens with zero attached hydrogens (tertiary/aromatic N) is 4. The van der Waals surface area contributed by atoms with Crippen LogP contribution in [0.4, 0.5) is 5.82 Å². The molecule has 0 bridgehead atoms. The zero-order chi connectivity index (χ0) is 21.8. The Morgan fingerprint density at radius 3 is 2.81 bits per heavy atom. The van der Waals surface area contributed by atoms with E-state index in [0.717, 1.165) is 42.8 Å². The first-order valence-corrected chi connectivity index (χ1v) is 10.2. The molecule has 1 aromatic carbocycles. The summed E-state index contributed by atoms with van der Waals surface area (Å²) in [5, 5.41) is 10.1. The number of aromatic nitrogens is 3. The molecule has 9 heteroatoms. The summed E-state index contributed by atoms with van der Waals surface area (Å²) in [5.41, 5.74) is 9.22. The van der Waals surface area contributed by atoms with Crippen LogP contribution in [0.15, 0.2) is 47.2 Å². The number of carbonyl (C=O) groups is 2. The molecule has 1 aliphatic heterocycles. The number of primary amides is 1. The second-order valence-electron chi connectivity index (χ2n) is 7.74. The standard InChI is InChI=1S/C22H24N6O3/c1-14-22(27-31-26-14)25-20(29)13-28-9-3-6-18(12-28)19-8-7-17(11-24-19)15-4-2-5-16(10-15)21(23)30/h2,4-5,7-8,10-11,18H,3,6,9,12-13H2,1H3,(H2,23,30)(H,25,27,29)/t18-/m1/s1. The van der Waals surface area contributed by atoms with Crippen LogP contribution in [0.5, 0.6) is 0 Å². The lowest BCUT2D eigenvalue weighted by molar-refractivity contribution is -0.117. The van der Waals surface area contributed by atoms with Gasteiger partial charge in [-0.05, 0) is 55.2 Å². The lowest BCUT2D eigenvalue weighted by Gasteiger charge is -2.31. The number of benzene rings is 1. The minimum atomic E-state index is -0.451. The maximum atomic E-state index is 12.3. The molecule has 1 aliphatic rings. The zero-order valence-corrected chi connectivity index (χ0v) is 17.2. The predicted octanol–water partition coefficient (Wildman–Crippen LogP) is 2.36. The van der Waals surface area contributed by atoms with Gasteiger partial charge in [-0.15, -0.1) is 0 Å². The van der Waals surface area contributed by atoms with Crippen molar-refractivity contribution in [1.29, 1.82) is 0 Å². The number of aryl methyl sites for hydroxylation is 1. The van der Waals surface area contributed by atoms with Crippen LogP contribution >= 0.6 is 0 Å². The largest absolute Gasteiger partial charge is 0.366 e. The van der Waals surface area contributed by atoms with Crippen LogP contribution in [0.1, 0.15) is 40.5 Å². The second-order valence-corrected chi connectivity index (χ2v) is 7.74. The van der Waals surface area contributed by atoms with Gasteiger partial charge in [0, 0.05) is 35.5 Å². The molecule has 1 atom stereocenters. The molecule has 3 N–H and O–H groups in total. The molecule has 0 aliphatic carbocycles. The molecule has 1 saturated heterocycles. The average molecular weight is 420 g/mol. The van der Waals surface area contributed by atoms with Crippen molar-refractivity contribution in [1.82, 2.24) is 20.2 Å². The second kappa shape index (κ2) is 9.05. The topological polar surface area (TPSA) is 127 Å². The van der Waals surface area contributed by atoms with E-state index in [9.17, 15) is 9.59 Å².